The first-order valence-corrected chi connectivity index (χ1v) is 13.4. The molecule has 0 aliphatic rings. The average Bonchev–Trinajstić information content (AvgIpc) is 2.76. The summed E-state index contributed by atoms with van der Waals surface area (Å²) in [4.78, 5) is 25.3. The van der Waals surface area contributed by atoms with E-state index in [4.69, 9.17) is 9.47 Å². The quantitative estimate of drug-likeness (QED) is 0.102. The van der Waals surface area contributed by atoms with Crippen molar-refractivity contribution in [3.8, 4) is 0 Å². The van der Waals surface area contributed by atoms with Crippen LogP contribution in [0.4, 0.5) is 0 Å². The predicted octanol–water partition coefficient (Wildman–Crippen LogP) is 8.51. The number of rotatable bonds is 21. The summed E-state index contributed by atoms with van der Waals surface area (Å²) < 4.78 is 11.9. The molecule has 0 aliphatic carbocycles. The van der Waals surface area contributed by atoms with Crippen LogP contribution in [0.25, 0.3) is 0 Å². The third-order valence-electron chi connectivity index (χ3n) is 6.29. The van der Waals surface area contributed by atoms with E-state index in [2.05, 4.69) is 27.7 Å². The number of carbonyl (C=O) groups excluding carboxylic acids is 2. The molecular formula is C27H52O4. The minimum atomic E-state index is -1.11. The van der Waals surface area contributed by atoms with Crippen molar-refractivity contribution >= 4 is 11.9 Å². The summed E-state index contributed by atoms with van der Waals surface area (Å²) in [7, 11) is 0. The highest BCUT2D eigenvalue weighted by atomic mass is 16.7. The highest BCUT2D eigenvalue weighted by Gasteiger charge is 2.43. The second-order valence-corrected chi connectivity index (χ2v) is 9.04. The van der Waals surface area contributed by atoms with E-state index in [-0.39, 0.29) is 17.9 Å². The van der Waals surface area contributed by atoms with Gasteiger partial charge in [-0.1, -0.05) is 105 Å². The van der Waals surface area contributed by atoms with E-state index in [0.717, 1.165) is 44.9 Å². The van der Waals surface area contributed by atoms with Crippen LogP contribution in [0.5, 0.6) is 0 Å². The van der Waals surface area contributed by atoms with Crippen molar-refractivity contribution in [2.45, 2.75) is 156 Å². The first kappa shape index (κ1) is 29.9. The van der Waals surface area contributed by atoms with E-state index in [0.29, 0.717) is 19.3 Å². The Kier molecular flexibility index (Phi) is 18.9. The molecule has 0 spiro atoms. The standard InChI is InChI=1S/C27H52O4/c1-6-11-13-15-17-19-22-25(28)30-27(10-5,24(9-4)21-8-3)31-26(29)23-20-18-16-14-12-7-2/h24H,6-23H2,1-5H3. The zero-order chi connectivity index (χ0) is 23.4. The molecule has 31 heavy (non-hydrogen) atoms. The Morgan fingerprint density at radius 3 is 1.39 bits per heavy atom. The highest BCUT2D eigenvalue weighted by molar-refractivity contribution is 5.72. The van der Waals surface area contributed by atoms with Gasteiger partial charge in [0.2, 0.25) is 0 Å². The number of carbonyl (C=O) groups is 2. The number of esters is 2. The van der Waals surface area contributed by atoms with Crippen LogP contribution < -0.4 is 0 Å². The van der Waals surface area contributed by atoms with Gasteiger partial charge in [0.25, 0.3) is 5.79 Å². The van der Waals surface area contributed by atoms with Crippen LogP contribution in [0.2, 0.25) is 0 Å². The van der Waals surface area contributed by atoms with Crippen molar-refractivity contribution in [2.24, 2.45) is 5.92 Å². The van der Waals surface area contributed by atoms with Crippen molar-refractivity contribution < 1.29 is 19.1 Å². The molecule has 0 aliphatic heterocycles. The fraction of sp³-hybridized carbons (Fsp3) is 0.926. The Labute approximate surface area is 193 Å². The Morgan fingerprint density at radius 1 is 0.613 bits per heavy atom. The first-order valence-electron chi connectivity index (χ1n) is 13.4. The molecule has 1 unspecified atom stereocenters. The maximum atomic E-state index is 12.7. The van der Waals surface area contributed by atoms with Gasteiger partial charge in [-0.15, -0.1) is 0 Å². The summed E-state index contributed by atoms with van der Waals surface area (Å²) in [5.74, 6) is -1.51. The fourth-order valence-corrected chi connectivity index (χ4v) is 4.29. The van der Waals surface area contributed by atoms with Crippen LogP contribution in [0.3, 0.4) is 0 Å². The van der Waals surface area contributed by atoms with Gasteiger partial charge >= 0.3 is 11.9 Å². The molecule has 1 atom stereocenters. The topological polar surface area (TPSA) is 52.6 Å². The van der Waals surface area contributed by atoms with E-state index < -0.39 is 5.79 Å². The SMILES string of the molecule is CCCCCCCCC(=O)OC(CC)(OC(=O)CCCCCCCC)C(CC)CCC. The Balaban J connectivity index is 4.81. The molecule has 0 N–H and O–H groups in total. The molecule has 0 amide bonds. The van der Waals surface area contributed by atoms with Crippen LogP contribution in [-0.4, -0.2) is 17.7 Å². The van der Waals surface area contributed by atoms with Crippen molar-refractivity contribution in [3.05, 3.63) is 0 Å². The third kappa shape index (κ3) is 13.9. The van der Waals surface area contributed by atoms with Gasteiger partial charge in [0.05, 0.1) is 0 Å². The van der Waals surface area contributed by atoms with Gasteiger partial charge in [0.1, 0.15) is 0 Å². The predicted molar refractivity (Wildman–Crippen MR) is 130 cm³/mol. The van der Waals surface area contributed by atoms with E-state index >= 15 is 0 Å². The lowest BCUT2D eigenvalue weighted by Gasteiger charge is -2.38. The Hall–Kier alpha value is -1.06. The summed E-state index contributed by atoms with van der Waals surface area (Å²) in [5, 5.41) is 0. The maximum Gasteiger partial charge on any atom is 0.309 e. The summed E-state index contributed by atoms with van der Waals surface area (Å²) in [6.07, 6.45) is 17.6. The molecule has 0 heterocycles. The monoisotopic (exact) mass is 440 g/mol. The summed E-state index contributed by atoms with van der Waals surface area (Å²) >= 11 is 0. The molecule has 0 saturated carbocycles. The third-order valence-corrected chi connectivity index (χ3v) is 6.29. The van der Waals surface area contributed by atoms with Gasteiger partial charge in [-0.25, -0.2) is 0 Å². The molecule has 0 saturated heterocycles. The van der Waals surface area contributed by atoms with E-state index in [1.54, 1.807) is 0 Å². The van der Waals surface area contributed by atoms with Gasteiger partial charge in [-0.2, -0.15) is 0 Å². The average molecular weight is 441 g/mol. The highest BCUT2D eigenvalue weighted by Crippen LogP contribution is 2.35. The smallest absolute Gasteiger partial charge is 0.309 e. The number of ether oxygens (including phenoxy) is 2. The van der Waals surface area contributed by atoms with Crippen LogP contribution in [0.1, 0.15) is 150 Å². The maximum absolute atomic E-state index is 12.7. The van der Waals surface area contributed by atoms with Crippen molar-refractivity contribution in [3.63, 3.8) is 0 Å². The second kappa shape index (κ2) is 19.6. The van der Waals surface area contributed by atoms with Gasteiger partial charge in [-0.3, -0.25) is 9.59 Å². The number of hydrogen-bond donors (Lipinski definition) is 0. The molecule has 0 aromatic rings. The molecule has 0 aromatic heterocycles. The normalized spacial score (nSPS) is 12.5. The van der Waals surface area contributed by atoms with Gasteiger partial charge in [0.15, 0.2) is 0 Å². The molecule has 0 rings (SSSR count). The lowest BCUT2D eigenvalue weighted by molar-refractivity contribution is -0.251. The fourth-order valence-electron chi connectivity index (χ4n) is 4.29. The van der Waals surface area contributed by atoms with Gasteiger partial charge in [-0.05, 0) is 25.7 Å². The van der Waals surface area contributed by atoms with Crippen LogP contribution in [-0.2, 0) is 19.1 Å². The van der Waals surface area contributed by atoms with Crippen LogP contribution >= 0.6 is 0 Å². The van der Waals surface area contributed by atoms with Gasteiger partial charge in [0, 0.05) is 25.2 Å². The Bertz CT molecular complexity index is 417. The minimum Gasteiger partial charge on any atom is -0.422 e. The largest absolute Gasteiger partial charge is 0.422 e. The van der Waals surface area contributed by atoms with E-state index in [1.165, 1.54) is 51.4 Å². The summed E-state index contributed by atoms with van der Waals surface area (Å²) in [6.45, 7) is 10.6. The molecule has 4 nitrogen and oxygen atoms in total. The van der Waals surface area contributed by atoms with Crippen molar-refractivity contribution in [1.29, 1.82) is 0 Å². The zero-order valence-electron chi connectivity index (χ0n) is 21.4. The van der Waals surface area contributed by atoms with Crippen molar-refractivity contribution in [1.82, 2.24) is 0 Å². The number of unbranched alkanes of at least 4 members (excludes halogenated alkanes) is 10. The van der Waals surface area contributed by atoms with Crippen LogP contribution in [0.15, 0.2) is 0 Å². The molecule has 0 aromatic carbocycles. The molecule has 0 radical (unpaired) electrons. The Morgan fingerprint density at radius 2 is 1.03 bits per heavy atom. The lowest BCUT2D eigenvalue weighted by Crippen LogP contribution is -2.46. The zero-order valence-corrected chi connectivity index (χ0v) is 21.4. The molecule has 0 fully saturated rings. The number of hydrogen-bond acceptors (Lipinski definition) is 4. The summed E-state index contributed by atoms with van der Waals surface area (Å²) in [6, 6.07) is 0. The molecule has 4 heteroatoms. The second-order valence-electron chi connectivity index (χ2n) is 9.04. The minimum absolute atomic E-state index is 0.0458. The molecular weight excluding hydrogens is 388 g/mol. The molecule has 0 bridgehead atoms. The van der Waals surface area contributed by atoms with E-state index in [1.807, 2.05) is 6.92 Å². The lowest BCUT2D eigenvalue weighted by atomic mass is 9.88. The van der Waals surface area contributed by atoms with Gasteiger partial charge < -0.3 is 9.47 Å². The molecule has 184 valence electrons. The first-order chi connectivity index (χ1) is 15.0. The summed E-state index contributed by atoms with van der Waals surface area (Å²) in [5.41, 5.74) is 0. The van der Waals surface area contributed by atoms with Crippen molar-refractivity contribution in [2.75, 3.05) is 0 Å². The van der Waals surface area contributed by atoms with E-state index in [9.17, 15) is 9.59 Å². The van der Waals surface area contributed by atoms with Crippen LogP contribution in [0, 0.1) is 5.92 Å².